The first kappa shape index (κ1) is 22.9. The molecule has 8 nitrogen and oxygen atoms in total. The fourth-order valence-electron chi connectivity index (χ4n) is 3.51. The van der Waals surface area contributed by atoms with E-state index in [2.05, 4.69) is 21.9 Å². The zero-order valence-corrected chi connectivity index (χ0v) is 18.9. The molecule has 2 aromatic carbocycles. The summed E-state index contributed by atoms with van der Waals surface area (Å²) in [7, 11) is 0. The van der Waals surface area contributed by atoms with Gasteiger partial charge in [-0.05, 0) is 73.2 Å². The summed E-state index contributed by atoms with van der Waals surface area (Å²) in [5.41, 5.74) is 4.66. The summed E-state index contributed by atoms with van der Waals surface area (Å²) in [5, 5.41) is 16.2. The molecule has 1 aromatic heterocycles. The normalized spacial score (nSPS) is 12.4. The Bertz CT molecular complexity index is 1290. The highest BCUT2D eigenvalue weighted by atomic mass is 32.1. The molecule has 0 saturated carbocycles. The first-order valence-corrected chi connectivity index (χ1v) is 11.4. The van der Waals surface area contributed by atoms with E-state index in [1.165, 1.54) is 17.6 Å². The molecule has 2 N–H and O–H groups in total. The maximum Gasteiger partial charge on any atom is 0.343 e. The second-order valence-corrected chi connectivity index (χ2v) is 8.61. The smallest absolute Gasteiger partial charge is 0.343 e. The molecule has 34 heavy (non-hydrogen) atoms. The summed E-state index contributed by atoms with van der Waals surface area (Å²) in [4.78, 5) is 37.5. The molecular formula is C25H20N4O4S. The number of ether oxygens (including phenoxy) is 1. The zero-order valence-electron chi connectivity index (χ0n) is 18.0. The first-order chi connectivity index (χ1) is 16.5. The number of hydrogen-bond donors (Lipinski definition) is 2. The molecule has 0 saturated heterocycles. The fourth-order valence-corrected chi connectivity index (χ4v) is 4.75. The minimum atomic E-state index is -0.945. The Morgan fingerprint density at radius 2 is 1.74 bits per heavy atom. The van der Waals surface area contributed by atoms with E-state index in [-0.39, 0.29) is 0 Å². The number of nitriles is 1. The highest BCUT2D eigenvalue weighted by Gasteiger charge is 2.23. The summed E-state index contributed by atoms with van der Waals surface area (Å²) in [6.45, 7) is 0. The van der Waals surface area contributed by atoms with Crippen molar-refractivity contribution in [2.45, 2.75) is 25.7 Å². The Morgan fingerprint density at radius 1 is 1.00 bits per heavy atom. The van der Waals surface area contributed by atoms with Crippen LogP contribution in [0.4, 0.5) is 5.00 Å². The van der Waals surface area contributed by atoms with E-state index in [1.54, 1.807) is 48.5 Å². The number of rotatable bonds is 5. The summed E-state index contributed by atoms with van der Waals surface area (Å²) in [6.07, 6.45) is 5.12. The number of amides is 2. The quantitative estimate of drug-likeness (QED) is 0.192. The third-order valence-corrected chi connectivity index (χ3v) is 6.40. The van der Waals surface area contributed by atoms with Gasteiger partial charge in [0.05, 0.1) is 17.3 Å². The molecule has 2 amide bonds. The lowest BCUT2D eigenvalue weighted by Gasteiger charge is -2.09. The number of nitrogens with one attached hydrogen (secondary N) is 2. The largest absolute Gasteiger partial charge is 0.423 e. The van der Waals surface area contributed by atoms with Gasteiger partial charge in [0.25, 0.3) is 0 Å². The van der Waals surface area contributed by atoms with Crippen LogP contribution in [0.25, 0.3) is 0 Å². The fraction of sp³-hybridized carbons (Fsp3) is 0.160. The van der Waals surface area contributed by atoms with Crippen molar-refractivity contribution < 1.29 is 19.1 Å². The van der Waals surface area contributed by atoms with E-state index in [0.717, 1.165) is 36.1 Å². The molecule has 1 aliphatic carbocycles. The van der Waals surface area contributed by atoms with Crippen molar-refractivity contribution in [1.29, 1.82) is 5.26 Å². The van der Waals surface area contributed by atoms with E-state index in [9.17, 15) is 19.6 Å². The predicted molar refractivity (Wildman–Crippen MR) is 128 cm³/mol. The van der Waals surface area contributed by atoms with Crippen LogP contribution in [0.5, 0.6) is 5.75 Å². The Balaban J connectivity index is 1.31. The van der Waals surface area contributed by atoms with E-state index in [0.29, 0.717) is 27.4 Å². The van der Waals surface area contributed by atoms with E-state index >= 15 is 0 Å². The second kappa shape index (κ2) is 10.6. The van der Waals surface area contributed by atoms with Gasteiger partial charge >= 0.3 is 17.8 Å². The minimum absolute atomic E-state index is 0.362. The van der Waals surface area contributed by atoms with Crippen molar-refractivity contribution >= 4 is 40.3 Å². The van der Waals surface area contributed by atoms with Crippen molar-refractivity contribution in [3.8, 4) is 11.8 Å². The van der Waals surface area contributed by atoms with Crippen molar-refractivity contribution in [3.05, 3.63) is 81.7 Å². The van der Waals surface area contributed by atoms with Gasteiger partial charge in [0, 0.05) is 4.88 Å². The Kier molecular flexibility index (Phi) is 7.10. The molecule has 0 atom stereocenters. The first-order valence-electron chi connectivity index (χ1n) is 10.6. The standard InChI is InChI=1S/C25H20N4O4S/c26-14-20-19-8-4-5-9-21(19)34-24(20)28-22(30)23(31)29-27-15-16-10-12-18(13-11-16)33-25(32)17-6-2-1-3-7-17/h1-3,6-7,10-13,15H,4-5,8-9H2,(H,28,30)(H,29,31)/b27-15-. The number of anilines is 1. The highest BCUT2D eigenvalue weighted by molar-refractivity contribution is 7.16. The second-order valence-electron chi connectivity index (χ2n) is 7.50. The summed E-state index contributed by atoms with van der Waals surface area (Å²) >= 11 is 1.35. The SMILES string of the molecule is N#Cc1c(NC(=O)C(=O)N/N=C\c2ccc(OC(=O)c3ccccc3)cc2)sc2c1CCCC2. The number of hydrazone groups is 1. The monoisotopic (exact) mass is 472 g/mol. The van der Waals surface area contributed by atoms with Crippen LogP contribution in [0.3, 0.4) is 0 Å². The van der Waals surface area contributed by atoms with E-state index < -0.39 is 17.8 Å². The highest BCUT2D eigenvalue weighted by Crippen LogP contribution is 2.37. The van der Waals surface area contributed by atoms with Gasteiger partial charge < -0.3 is 10.1 Å². The van der Waals surface area contributed by atoms with E-state index in [1.807, 2.05) is 6.07 Å². The van der Waals surface area contributed by atoms with Gasteiger partial charge in [-0.25, -0.2) is 10.2 Å². The molecule has 0 unspecified atom stereocenters. The molecule has 0 radical (unpaired) electrons. The van der Waals surface area contributed by atoms with Gasteiger partial charge in [-0.1, -0.05) is 18.2 Å². The molecule has 1 heterocycles. The predicted octanol–water partition coefficient (Wildman–Crippen LogP) is 3.81. The van der Waals surface area contributed by atoms with Gasteiger partial charge in [0.1, 0.15) is 16.8 Å². The van der Waals surface area contributed by atoms with Crippen LogP contribution in [0.15, 0.2) is 59.7 Å². The van der Waals surface area contributed by atoms with Crippen molar-refractivity contribution in [2.75, 3.05) is 5.32 Å². The average Bonchev–Trinajstić information content (AvgIpc) is 3.22. The van der Waals surface area contributed by atoms with Gasteiger partial charge in [0.15, 0.2) is 0 Å². The number of hydrogen-bond acceptors (Lipinski definition) is 7. The molecule has 9 heteroatoms. The molecule has 0 fully saturated rings. The molecule has 3 aromatic rings. The van der Waals surface area contributed by atoms with Crippen LogP contribution in [0, 0.1) is 11.3 Å². The molecule has 0 bridgehead atoms. The molecule has 4 rings (SSSR count). The number of fused-ring (bicyclic) bond motifs is 1. The van der Waals surface area contributed by atoms with Gasteiger partial charge in [-0.2, -0.15) is 10.4 Å². The molecule has 0 spiro atoms. The number of carbonyl (C=O) groups excluding carboxylic acids is 3. The van der Waals surface area contributed by atoms with Crippen LogP contribution in [-0.2, 0) is 22.4 Å². The molecule has 0 aliphatic heterocycles. The summed E-state index contributed by atoms with van der Waals surface area (Å²) in [6, 6.07) is 17.3. The van der Waals surface area contributed by atoms with Gasteiger partial charge in [0.2, 0.25) is 0 Å². The van der Waals surface area contributed by atoms with Crippen LogP contribution in [-0.4, -0.2) is 24.0 Å². The third-order valence-electron chi connectivity index (χ3n) is 5.20. The van der Waals surface area contributed by atoms with Crippen LogP contribution in [0.2, 0.25) is 0 Å². The van der Waals surface area contributed by atoms with Crippen LogP contribution in [0.1, 0.15) is 44.8 Å². The number of carbonyl (C=O) groups is 3. The lowest BCUT2D eigenvalue weighted by molar-refractivity contribution is -0.136. The molecule has 1 aliphatic rings. The van der Waals surface area contributed by atoms with Crippen LogP contribution < -0.4 is 15.5 Å². The van der Waals surface area contributed by atoms with Crippen molar-refractivity contribution in [3.63, 3.8) is 0 Å². The minimum Gasteiger partial charge on any atom is -0.423 e. The topological polar surface area (TPSA) is 121 Å². The van der Waals surface area contributed by atoms with Gasteiger partial charge in [-0.15, -0.1) is 11.3 Å². The molecule has 170 valence electrons. The summed E-state index contributed by atoms with van der Waals surface area (Å²) < 4.78 is 5.31. The number of aryl methyl sites for hydroxylation is 1. The maximum absolute atomic E-state index is 12.3. The van der Waals surface area contributed by atoms with E-state index in [4.69, 9.17) is 4.74 Å². The molecular weight excluding hydrogens is 452 g/mol. The number of benzene rings is 2. The van der Waals surface area contributed by atoms with Gasteiger partial charge in [-0.3, -0.25) is 9.59 Å². The average molecular weight is 473 g/mol. The number of thiophene rings is 1. The third kappa shape index (κ3) is 5.36. The lowest BCUT2D eigenvalue weighted by atomic mass is 9.96. The lowest BCUT2D eigenvalue weighted by Crippen LogP contribution is -2.32. The zero-order chi connectivity index (χ0) is 23.9. The number of esters is 1. The number of nitrogens with zero attached hydrogens (tertiary/aromatic N) is 2. The van der Waals surface area contributed by atoms with Crippen molar-refractivity contribution in [2.24, 2.45) is 5.10 Å². The maximum atomic E-state index is 12.3. The Labute approximate surface area is 199 Å². The Morgan fingerprint density at radius 3 is 2.47 bits per heavy atom. The Hall–Kier alpha value is -4.29. The van der Waals surface area contributed by atoms with Crippen molar-refractivity contribution in [1.82, 2.24) is 5.43 Å². The summed E-state index contributed by atoms with van der Waals surface area (Å²) in [5.74, 6) is -1.94. The van der Waals surface area contributed by atoms with Crippen LogP contribution >= 0.6 is 11.3 Å².